The van der Waals surface area contributed by atoms with E-state index in [1.165, 1.54) is 0 Å². The van der Waals surface area contributed by atoms with E-state index in [1.807, 2.05) is 84.9 Å². The van der Waals surface area contributed by atoms with Gasteiger partial charge < -0.3 is 52.5 Å². The summed E-state index contributed by atoms with van der Waals surface area (Å²) in [5.41, 5.74) is 14.9. The van der Waals surface area contributed by atoms with Gasteiger partial charge in [-0.2, -0.15) is 0 Å². The Hall–Kier alpha value is -9.78. The Balaban J connectivity index is 0.857. The van der Waals surface area contributed by atoms with Gasteiger partial charge in [0.15, 0.2) is 0 Å². The van der Waals surface area contributed by atoms with E-state index in [-0.39, 0.29) is 75.6 Å². The number of aromatic nitrogens is 4. The van der Waals surface area contributed by atoms with Crippen LogP contribution in [0.1, 0.15) is 61.3 Å². The van der Waals surface area contributed by atoms with Crippen molar-refractivity contribution >= 4 is 87.5 Å². The number of carbonyl (C=O) groups excluding carboxylic acids is 6. The van der Waals surface area contributed by atoms with Crippen LogP contribution in [0, 0.1) is 0 Å². The van der Waals surface area contributed by atoms with Crippen molar-refractivity contribution in [3.63, 3.8) is 0 Å². The van der Waals surface area contributed by atoms with Crippen molar-refractivity contribution in [2.24, 2.45) is 0 Å². The molecule has 7 aromatic rings. The third-order valence-electron chi connectivity index (χ3n) is 14.0. The number of likely N-dealkylation sites (N-methyl/N-ethyl adjacent to an activating group) is 2. The molecule has 0 fully saturated rings. The van der Waals surface area contributed by atoms with E-state index in [4.69, 9.17) is 9.97 Å². The lowest BCUT2D eigenvalue weighted by Gasteiger charge is -2.18. The summed E-state index contributed by atoms with van der Waals surface area (Å²) in [5.74, 6) is -2.00. The van der Waals surface area contributed by atoms with Gasteiger partial charge in [0.25, 0.3) is 0 Å². The standard InChI is InChI=1S/C65H68N12O6/c1-66-39-58(80)69-37-38-70-65(83)55(77-59(81)40-67-2)34-35-57(79)68-36-14-6-13-21-56(78)71-41-60(82)72-46-24-22-45(23-25-46)64-53-32-30-51(75-53)62(43-17-9-4-10-18-43)49-28-26-47(73-49)61(42-15-7-3-8-16-42)48-27-29-50(74-48)63(44-19-11-5-12-20-44)52-31-33-54(64)76-52/h3-5,7-12,15-20,22-33,55,66-67,73,76H,6,13-14,21,34-41H2,1-2H3,(H,68,79)(H,69,80)(H,70,83)(H,71,78)(H,72,82)(H,77,81)/t55-/m0/s1. The fourth-order valence-corrected chi connectivity index (χ4v) is 10.0. The van der Waals surface area contributed by atoms with Crippen LogP contribution in [0.5, 0.6) is 0 Å². The summed E-state index contributed by atoms with van der Waals surface area (Å²) < 4.78 is 0. The van der Waals surface area contributed by atoms with Crippen LogP contribution in [0.4, 0.5) is 5.69 Å². The number of rotatable bonds is 25. The minimum atomic E-state index is -0.940. The predicted molar refractivity (Wildman–Crippen MR) is 329 cm³/mol. The molecule has 0 spiro atoms. The fraction of sp³-hybridized carbons (Fsp3) is 0.231. The molecule has 0 radical (unpaired) electrons. The van der Waals surface area contributed by atoms with Gasteiger partial charge in [0.2, 0.25) is 35.4 Å². The van der Waals surface area contributed by atoms with Gasteiger partial charge in [-0.05, 0) is 116 Å². The monoisotopic (exact) mass is 1110 g/mol. The molecule has 1 atom stereocenters. The molecule has 0 unspecified atom stereocenters. The first-order chi connectivity index (χ1) is 40.5. The Bertz CT molecular complexity index is 3650. The van der Waals surface area contributed by atoms with Gasteiger partial charge in [-0.1, -0.05) is 110 Å². The molecule has 83 heavy (non-hydrogen) atoms. The molecule has 4 aromatic carbocycles. The highest BCUT2D eigenvalue weighted by Gasteiger charge is 2.23. The van der Waals surface area contributed by atoms with Crippen molar-refractivity contribution in [2.45, 2.75) is 44.6 Å². The molecule has 0 saturated heterocycles. The molecule has 18 nitrogen and oxygen atoms in total. The number of hydrogen-bond donors (Lipinski definition) is 10. The van der Waals surface area contributed by atoms with Gasteiger partial charge in [-0.25, -0.2) is 9.97 Å². The van der Waals surface area contributed by atoms with Crippen LogP contribution in [-0.4, -0.2) is 115 Å². The summed E-state index contributed by atoms with van der Waals surface area (Å²) >= 11 is 0. The van der Waals surface area contributed by atoms with Crippen molar-refractivity contribution < 1.29 is 28.8 Å². The van der Waals surface area contributed by atoms with Gasteiger partial charge in [-0.3, -0.25) is 28.8 Å². The fourth-order valence-electron chi connectivity index (χ4n) is 10.0. The van der Waals surface area contributed by atoms with E-state index >= 15 is 0 Å². The van der Waals surface area contributed by atoms with Crippen LogP contribution in [0.25, 0.3) is 90.9 Å². The van der Waals surface area contributed by atoms with Crippen LogP contribution in [-0.2, 0) is 28.8 Å². The van der Waals surface area contributed by atoms with Crippen LogP contribution >= 0.6 is 0 Å². The number of benzene rings is 4. The minimum absolute atomic E-state index is 0.000121. The molecule has 3 aromatic heterocycles. The average Bonchev–Trinajstić information content (AvgIpc) is 3.82. The number of anilines is 1. The lowest BCUT2D eigenvalue weighted by molar-refractivity contribution is -0.129. The molecular weight excluding hydrogens is 1040 g/mol. The summed E-state index contributed by atoms with van der Waals surface area (Å²) in [6.45, 7) is 0.665. The molecule has 8 bridgehead atoms. The van der Waals surface area contributed by atoms with E-state index in [0.29, 0.717) is 31.5 Å². The van der Waals surface area contributed by atoms with Crippen molar-refractivity contribution in [3.05, 3.63) is 162 Å². The smallest absolute Gasteiger partial charge is 0.243 e. The van der Waals surface area contributed by atoms with Crippen molar-refractivity contribution in [1.82, 2.24) is 57.2 Å². The number of aromatic amines is 2. The zero-order valence-corrected chi connectivity index (χ0v) is 46.5. The molecule has 0 aliphatic carbocycles. The molecule has 2 aliphatic rings. The molecule has 10 N–H and O–H groups in total. The molecule has 6 amide bonds. The summed E-state index contributed by atoms with van der Waals surface area (Å²) in [7, 11) is 3.26. The molecule has 18 heteroatoms. The molecule has 2 aliphatic heterocycles. The summed E-state index contributed by atoms with van der Waals surface area (Å²) in [4.78, 5) is 93.7. The van der Waals surface area contributed by atoms with Gasteiger partial charge in [0.1, 0.15) is 6.04 Å². The number of hydrogen-bond acceptors (Lipinski definition) is 10. The largest absolute Gasteiger partial charge is 0.356 e. The Morgan fingerprint density at radius 2 is 0.843 bits per heavy atom. The molecular formula is C65H68N12O6. The number of fused-ring (bicyclic) bond motifs is 8. The molecule has 424 valence electrons. The molecule has 5 heterocycles. The van der Waals surface area contributed by atoms with E-state index in [0.717, 1.165) is 89.4 Å². The highest BCUT2D eigenvalue weighted by Crippen LogP contribution is 2.38. The van der Waals surface area contributed by atoms with Gasteiger partial charge in [0.05, 0.1) is 42.4 Å². The van der Waals surface area contributed by atoms with Crippen LogP contribution in [0.2, 0.25) is 0 Å². The summed E-state index contributed by atoms with van der Waals surface area (Å²) in [6.07, 6.45) is 10.4. The van der Waals surface area contributed by atoms with Crippen molar-refractivity contribution in [1.29, 1.82) is 0 Å². The second-order valence-corrected chi connectivity index (χ2v) is 20.0. The maximum Gasteiger partial charge on any atom is 0.243 e. The number of nitrogens with zero attached hydrogens (tertiary/aromatic N) is 2. The highest BCUT2D eigenvalue weighted by molar-refractivity contribution is 6.01. The predicted octanol–water partition coefficient (Wildman–Crippen LogP) is 7.99. The number of nitrogens with one attached hydrogen (secondary N) is 10. The quantitative estimate of drug-likeness (QED) is 0.0247. The van der Waals surface area contributed by atoms with Gasteiger partial charge >= 0.3 is 0 Å². The number of unbranched alkanes of at least 4 members (excludes halogenated alkanes) is 2. The van der Waals surface area contributed by atoms with Crippen LogP contribution in [0.15, 0.2) is 140 Å². The first-order valence-electron chi connectivity index (χ1n) is 27.9. The normalized spacial score (nSPS) is 11.8. The van der Waals surface area contributed by atoms with Crippen LogP contribution < -0.4 is 42.5 Å². The van der Waals surface area contributed by atoms with Crippen LogP contribution in [0.3, 0.4) is 0 Å². The zero-order valence-electron chi connectivity index (χ0n) is 46.5. The minimum Gasteiger partial charge on any atom is -0.356 e. The second kappa shape index (κ2) is 28.6. The first kappa shape index (κ1) is 57.9. The van der Waals surface area contributed by atoms with E-state index < -0.39 is 17.9 Å². The molecule has 0 saturated carbocycles. The lowest BCUT2D eigenvalue weighted by Crippen LogP contribution is -2.50. The number of carbonyl (C=O) groups is 6. The third kappa shape index (κ3) is 15.4. The summed E-state index contributed by atoms with van der Waals surface area (Å²) in [5, 5.41) is 21.9. The van der Waals surface area contributed by atoms with E-state index in [9.17, 15) is 28.8 Å². The summed E-state index contributed by atoms with van der Waals surface area (Å²) in [6, 6.07) is 45.8. The Kier molecular flexibility index (Phi) is 19.9. The number of H-pyrrole nitrogens is 2. The maximum absolute atomic E-state index is 13.2. The topological polar surface area (TPSA) is 256 Å². The van der Waals surface area contributed by atoms with E-state index in [2.05, 4.69) is 131 Å². The van der Waals surface area contributed by atoms with Gasteiger partial charge in [-0.15, -0.1) is 0 Å². The number of amides is 6. The maximum atomic E-state index is 13.2. The van der Waals surface area contributed by atoms with Crippen molar-refractivity contribution in [3.8, 4) is 44.5 Å². The van der Waals surface area contributed by atoms with Gasteiger partial charge in [0, 0.05) is 82.5 Å². The van der Waals surface area contributed by atoms with E-state index in [1.54, 1.807) is 14.1 Å². The first-order valence-corrected chi connectivity index (χ1v) is 27.9. The Labute approximate surface area is 481 Å². The zero-order chi connectivity index (χ0) is 57.9. The lowest BCUT2D eigenvalue weighted by atomic mass is 10.0. The van der Waals surface area contributed by atoms with Crippen molar-refractivity contribution in [2.75, 3.05) is 58.7 Å². The molecule has 9 rings (SSSR count). The highest BCUT2D eigenvalue weighted by atomic mass is 16.2. The Morgan fingerprint density at radius 1 is 0.410 bits per heavy atom. The average molecular weight is 1110 g/mol. The Morgan fingerprint density at radius 3 is 1.33 bits per heavy atom. The SMILES string of the molecule is CNCC(=O)NCCNC(=O)[C@H](CCC(=O)NCCCCCC(=O)NCC(=O)Nc1ccc(-c2c3nc(c(-c4ccccc4)c4ccc([nH]4)c(-c4ccccc4)c4nc(c(-c5ccccc5)c5ccc2[nH]5)C=C4)C=C3)cc1)NC(=O)CNC. The third-order valence-corrected chi connectivity index (χ3v) is 14.0. The second-order valence-electron chi connectivity index (χ2n) is 20.0.